The van der Waals surface area contributed by atoms with Crippen molar-refractivity contribution >= 4 is 0 Å². The molecule has 0 amide bonds. The Bertz CT molecular complexity index is 402. The largest absolute Gasteiger partial charge is 0.314 e. The van der Waals surface area contributed by atoms with Crippen molar-refractivity contribution in [2.24, 2.45) is 0 Å². The van der Waals surface area contributed by atoms with Gasteiger partial charge in [0, 0.05) is 32.7 Å². The summed E-state index contributed by atoms with van der Waals surface area (Å²) < 4.78 is 13.2. The fourth-order valence-corrected chi connectivity index (χ4v) is 2.45. The Morgan fingerprint density at radius 2 is 2.05 bits per heavy atom. The molecule has 0 aromatic heterocycles. The second kappa shape index (κ2) is 6.98. The molecular weight excluding hydrogens is 241 g/mol. The summed E-state index contributed by atoms with van der Waals surface area (Å²) in [5.74, 6) is -0.113. The minimum absolute atomic E-state index is 0.113. The lowest BCUT2D eigenvalue weighted by Crippen LogP contribution is -2.47. The van der Waals surface area contributed by atoms with Gasteiger partial charge in [0.2, 0.25) is 0 Å². The molecule has 106 valence electrons. The Hall–Kier alpha value is -0.970. The first-order valence-corrected chi connectivity index (χ1v) is 7.02. The molecule has 1 saturated heterocycles. The fourth-order valence-electron chi connectivity index (χ4n) is 2.45. The second-order valence-corrected chi connectivity index (χ2v) is 5.42. The van der Waals surface area contributed by atoms with E-state index in [1.807, 2.05) is 19.1 Å². The molecule has 3 nitrogen and oxygen atoms in total. The van der Waals surface area contributed by atoms with E-state index in [1.165, 1.54) is 5.56 Å². The number of hydrogen-bond acceptors (Lipinski definition) is 3. The molecule has 0 saturated carbocycles. The van der Waals surface area contributed by atoms with Crippen molar-refractivity contribution in [1.29, 1.82) is 0 Å². The van der Waals surface area contributed by atoms with Gasteiger partial charge in [0.1, 0.15) is 5.82 Å². The van der Waals surface area contributed by atoms with E-state index >= 15 is 0 Å². The molecule has 1 aliphatic rings. The van der Waals surface area contributed by atoms with E-state index in [0.29, 0.717) is 0 Å². The highest BCUT2D eigenvalue weighted by Crippen LogP contribution is 2.10. The van der Waals surface area contributed by atoms with Crippen LogP contribution in [0.4, 0.5) is 4.39 Å². The van der Waals surface area contributed by atoms with E-state index < -0.39 is 0 Å². The average Bonchev–Trinajstić information content (AvgIpc) is 2.41. The molecule has 19 heavy (non-hydrogen) atoms. The maximum absolute atomic E-state index is 13.2. The van der Waals surface area contributed by atoms with Gasteiger partial charge in [-0.15, -0.1) is 0 Å². The van der Waals surface area contributed by atoms with Gasteiger partial charge in [-0.05, 0) is 37.6 Å². The molecule has 4 heteroatoms. The second-order valence-electron chi connectivity index (χ2n) is 5.42. The number of rotatable bonds is 5. The number of halogens is 1. The zero-order chi connectivity index (χ0) is 13.7. The maximum atomic E-state index is 13.2. The molecular formula is C15H24FN3. The number of nitrogens with zero attached hydrogens (tertiary/aromatic N) is 2. The molecule has 0 unspecified atom stereocenters. The Labute approximate surface area is 115 Å². The summed E-state index contributed by atoms with van der Waals surface area (Å²) in [7, 11) is 2.15. The number of hydrogen-bond donors (Lipinski definition) is 1. The molecule has 1 N–H and O–H groups in total. The Morgan fingerprint density at radius 1 is 1.32 bits per heavy atom. The number of benzene rings is 1. The highest BCUT2D eigenvalue weighted by molar-refractivity contribution is 5.24. The van der Waals surface area contributed by atoms with Gasteiger partial charge in [-0.1, -0.05) is 12.1 Å². The minimum Gasteiger partial charge on any atom is -0.314 e. The quantitative estimate of drug-likeness (QED) is 0.870. The summed E-state index contributed by atoms with van der Waals surface area (Å²) in [5.41, 5.74) is 1.95. The van der Waals surface area contributed by atoms with Crippen LogP contribution in [0.15, 0.2) is 18.2 Å². The lowest BCUT2D eigenvalue weighted by molar-refractivity contribution is 0.140. The predicted molar refractivity (Wildman–Crippen MR) is 76.8 cm³/mol. The molecule has 1 heterocycles. The zero-order valence-electron chi connectivity index (χ0n) is 12.0. The molecule has 0 radical (unpaired) electrons. The summed E-state index contributed by atoms with van der Waals surface area (Å²) in [6.07, 6.45) is 0.976. The summed E-state index contributed by atoms with van der Waals surface area (Å²) in [6, 6.07) is 5.41. The van der Waals surface area contributed by atoms with Crippen molar-refractivity contribution in [3.63, 3.8) is 0 Å². The van der Waals surface area contributed by atoms with E-state index in [9.17, 15) is 4.39 Å². The van der Waals surface area contributed by atoms with Crippen LogP contribution >= 0.6 is 0 Å². The van der Waals surface area contributed by atoms with Crippen LogP contribution in [0.1, 0.15) is 11.1 Å². The van der Waals surface area contributed by atoms with Crippen LogP contribution in [-0.2, 0) is 6.42 Å². The average molecular weight is 265 g/mol. The van der Waals surface area contributed by atoms with Gasteiger partial charge in [-0.2, -0.15) is 0 Å². The number of nitrogens with one attached hydrogen (secondary N) is 1. The van der Waals surface area contributed by atoms with Crippen molar-refractivity contribution in [1.82, 2.24) is 15.1 Å². The predicted octanol–water partition coefficient (Wildman–Crippen LogP) is 1.47. The smallest absolute Gasteiger partial charge is 0.126 e. The van der Waals surface area contributed by atoms with Crippen LogP contribution in [0.3, 0.4) is 0 Å². The van der Waals surface area contributed by atoms with Crippen LogP contribution in [-0.4, -0.2) is 56.2 Å². The third-order valence-corrected chi connectivity index (χ3v) is 3.66. The molecule has 1 aliphatic heterocycles. The number of piperazine rings is 1. The lowest BCUT2D eigenvalue weighted by Gasteiger charge is -2.31. The normalized spacial score (nSPS) is 17.1. The van der Waals surface area contributed by atoms with Gasteiger partial charge in [-0.3, -0.25) is 9.80 Å². The molecule has 0 aliphatic carbocycles. The van der Waals surface area contributed by atoms with Gasteiger partial charge >= 0.3 is 0 Å². The highest BCUT2D eigenvalue weighted by Gasteiger charge is 2.11. The molecule has 1 aromatic carbocycles. The van der Waals surface area contributed by atoms with Gasteiger partial charge in [0.25, 0.3) is 0 Å². The van der Waals surface area contributed by atoms with Crippen molar-refractivity contribution < 1.29 is 4.39 Å². The van der Waals surface area contributed by atoms with Crippen LogP contribution in [0.25, 0.3) is 0 Å². The fraction of sp³-hybridized carbons (Fsp3) is 0.600. The zero-order valence-corrected chi connectivity index (χ0v) is 12.0. The third-order valence-electron chi connectivity index (χ3n) is 3.66. The van der Waals surface area contributed by atoms with Crippen LogP contribution in [0, 0.1) is 12.7 Å². The van der Waals surface area contributed by atoms with Crippen LogP contribution in [0.2, 0.25) is 0 Å². The molecule has 0 spiro atoms. The lowest BCUT2D eigenvalue weighted by atomic mass is 10.1. The van der Waals surface area contributed by atoms with E-state index in [4.69, 9.17) is 0 Å². The topological polar surface area (TPSA) is 18.5 Å². The van der Waals surface area contributed by atoms with Crippen molar-refractivity contribution in [2.75, 3.05) is 46.4 Å². The molecule has 2 rings (SSSR count). The van der Waals surface area contributed by atoms with E-state index in [2.05, 4.69) is 22.2 Å². The van der Waals surface area contributed by atoms with Crippen LogP contribution in [0.5, 0.6) is 0 Å². The van der Waals surface area contributed by atoms with E-state index in [-0.39, 0.29) is 5.82 Å². The molecule has 1 aromatic rings. The summed E-state index contributed by atoms with van der Waals surface area (Å²) in [5, 5.41) is 3.36. The minimum atomic E-state index is -0.113. The van der Waals surface area contributed by atoms with Gasteiger partial charge in [0.15, 0.2) is 0 Å². The first-order chi connectivity index (χ1) is 9.15. The first kappa shape index (κ1) is 14.4. The number of aryl methyl sites for hydroxylation is 1. The van der Waals surface area contributed by atoms with Gasteiger partial charge in [0.05, 0.1) is 6.67 Å². The Kier molecular flexibility index (Phi) is 5.31. The maximum Gasteiger partial charge on any atom is 0.126 e. The first-order valence-electron chi connectivity index (χ1n) is 7.02. The number of likely N-dealkylation sites (N-methyl/N-ethyl adjacent to an activating group) is 1. The molecule has 0 bridgehead atoms. The van der Waals surface area contributed by atoms with E-state index in [0.717, 1.165) is 51.4 Å². The van der Waals surface area contributed by atoms with E-state index in [1.54, 1.807) is 6.07 Å². The van der Waals surface area contributed by atoms with Crippen molar-refractivity contribution in [3.8, 4) is 0 Å². The SMILES string of the molecule is Cc1cc(CCN(C)CN2CCNCC2)ccc1F. The highest BCUT2D eigenvalue weighted by atomic mass is 19.1. The van der Waals surface area contributed by atoms with Crippen LogP contribution < -0.4 is 5.32 Å². The van der Waals surface area contributed by atoms with Gasteiger partial charge in [-0.25, -0.2) is 4.39 Å². The van der Waals surface area contributed by atoms with Crippen molar-refractivity contribution in [2.45, 2.75) is 13.3 Å². The van der Waals surface area contributed by atoms with Gasteiger partial charge < -0.3 is 5.32 Å². The standard InChI is InChI=1S/C15H24FN3/c1-13-11-14(3-4-15(13)16)5-8-18(2)12-19-9-6-17-7-10-19/h3-4,11,17H,5-10,12H2,1-2H3. The summed E-state index contributed by atoms with van der Waals surface area (Å²) in [4.78, 5) is 4.80. The summed E-state index contributed by atoms with van der Waals surface area (Å²) in [6.45, 7) is 8.27. The molecule has 1 fully saturated rings. The molecule has 0 atom stereocenters. The van der Waals surface area contributed by atoms with Crippen molar-refractivity contribution in [3.05, 3.63) is 35.1 Å². The summed E-state index contributed by atoms with van der Waals surface area (Å²) >= 11 is 0. The third kappa shape index (κ3) is 4.56. The monoisotopic (exact) mass is 265 g/mol. The Morgan fingerprint density at radius 3 is 2.74 bits per heavy atom. The Balaban J connectivity index is 1.75.